The van der Waals surface area contributed by atoms with E-state index in [0.29, 0.717) is 13.0 Å². The molecule has 0 radical (unpaired) electrons. The van der Waals surface area contributed by atoms with Crippen LogP contribution in [0.1, 0.15) is 18.9 Å². The van der Waals surface area contributed by atoms with Gasteiger partial charge in [0, 0.05) is 6.42 Å². The molecule has 1 unspecified atom stereocenters. The summed E-state index contributed by atoms with van der Waals surface area (Å²) in [5.41, 5.74) is 1.08. The lowest BCUT2D eigenvalue weighted by Crippen LogP contribution is -2.07. The third-order valence-corrected chi connectivity index (χ3v) is 1.92. The Morgan fingerprint density at radius 2 is 2.07 bits per heavy atom. The highest BCUT2D eigenvalue weighted by molar-refractivity contribution is 5.48. The Morgan fingerprint density at radius 3 is 2.57 bits per heavy atom. The maximum atomic E-state index is 9.02. The van der Waals surface area contributed by atoms with Crippen molar-refractivity contribution in [2.24, 2.45) is 0 Å². The fraction of sp³-hybridized carbons (Fsp3) is 0.333. The second-order valence-electron chi connectivity index (χ2n) is 3.26. The molecule has 0 aliphatic heterocycles. The highest BCUT2D eigenvalue weighted by atomic mass is 16.5. The molecule has 2 nitrogen and oxygen atoms in total. The molecule has 0 bridgehead atoms. The number of aliphatic hydroxyl groups excluding tert-OH is 1. The van der Waals surface area contributed by atoms with Crippen LogP contribution in [0.5, 0.6) is 5.75 Å². The molecule has 14 heavy (non-hydrogen) atoms. The molecule has 1 N–H and O–H groups in total. The molecule has 0 saturated carbocycles. The predicted molar refractivity (Wildman–Crippen MR) is 58.3 cm³/mol. The van der Waals surface area contributed by atoms with Gasteiger partial charge in [0.1, 0.15) is 5.75 Å². The molecule has 1 atom stereocenters. The quantitative estimate of drug-likeness (QED) is 0.776. The maximum absolute atomic E-state index is 9.02. The van der Waals surface area contributed by atoms with Crippen LogP contribution in [0.25, 0.3) is 6.08 Å². The van der Waals surface area contributed by atoms with Crippen molar-refractivity contribution in [1.29, 1.82) is 0 Å². The summed E-state index contributed by atoms with van der Waals surface area (Å²) in [4.78, 5) is 0. The Bertz CT molecular complexity index is 275. The number of hydrogen-bond donors (Lipinski definition) is 1. The Morgan fingerprint density at radius 1 is 1.43 bits per heavy atom. The van der Waals surface area contributed by atoms with Crippen LogP contribution in [0, 0.1) is 0 Å². The van der Waals surface area contributed by atoms with E-state index in [9.17, 15) is 0 Å². The second kappa shape index (κ2) is 5.45. The summed E-state index contributed by atoms with van der Waals surface area (Å²) in [6.07, 6.45) is 2.14. The van der Waals surface area contributed by atoms with E-state index in [2.05, 4.69) is 6.58 Å². The minimum absolute atomic E-state index is 0.303. The van der Waals surface area contributed by atoms with Crippen molar-refractivity contribution < 1.29 is 9.84 Å². The van der Waals surface area contributed by atoms with E-state index in [1.54, 1.807) is 13.0 Å². The van der Waals surface area contributed by atoms with Crippen molar-refractivity contribution in [3.8, 4) is 5.75 Å². The molecule has 2 heteroatoms. The second-order valence-corrected chi connectivity index (χ2v) is 3.26. The summed E-state index contributed by atoms with van der Waals surface area (Å²) in [6.45, 7) is 5.97. The van der Waals surface area contributed by atoms with Gasteiger partial charge in [0.2, 0.25) is 0 Å². The molecule has 1 aromatic carbocycles. The van der Waals surface area contributed by atoms with Crippen LogP contribution in [-0.2, 0) is 0 Å². The molecule has 0 amide bonds. The van der Waals surface area contributed by atoms with Crippen molar-refractivity contribution in [2.75, 3.05) is 6.61 Å². The first kappa shape index (κ1) is 10.8. The monoisotopic (exact) mass is 192 g/mol. The van der Waals surface area contributed by atoms with Crippen LogP contribution in [0.15, 0.2) is 30.8 Å². The first-order chi connectivity index (χ1) is 6.72. The third-order valence-electron chi connectivity index (χ3n) is 1.92. The van der Waals surface area contributed by atoms with Crippen molar-refractivity contribution in [3.63, 3.8) is 0 Å². The Kier molecular flexibility index (Phi) is 4.20. The van der Waals surface area contributed by atoms with Gasteiger partial charge in [-0.2, -0.15) is 0 Å². The molecule has 0 aliphatic rings. The van der Waals surface area contributed by atoms with Crippen LogP contribution in [0.4, 0.5) is 0 Å². The summed E-state index contributed by atoms with van der Waals surface area (Å²) >= 11 is 0. The molecule has 0 aromatic heterocycles. The topological polar surface area (TPSA) is 29.5 Å². The van der Waals surface area contributed by atoms with Gasteiger partial charge >= 0.3 is 0 Å². The zero-order valence-electron chi connectivity index (χ0n) is 8.44. The van der Waals surface area contributed by atoms with Crippen molar-refractivity contribution in [1.82, 2.24) is 0 Å². The van der Waals surface area contributed by atoms with E-state index in [1.165, 1.54) is 0 Å². The van der Waals surface area contributed by atoms with Gasteiger partial charge in [-0.05, 0) is 24.6 Å². The molecule has 0 fully saturated rings. The molecule has 0 heterocycles. The Hall–Kier alpha value is -1.28. The van der Waals surface area contributed by atoms with Crippen LogP contribution in [0.2, 0.25) is 0 Å². The standard InChI is InChI=1S/C12H16O2/c1-3-11-4-6-12(7-5-11)14-9-8-10(2)13/h3-7,10,13H,1,8-9H2,2H3. The van der Waals surface area contributed by atoms with Crippen LogP contribution >= 0.6 is 0 Å². The molecular formula is C12H16O2. The molecular weight excluding hydrogens is 176 g/mol. The van der Waals surface area contributed by atoms with Gasteiger partial charge in [-0.3, -0.25) is 0 Å². The van der Waals surface area contributed by atoms with Crippen molar-refractivity contribution >= 4 is 6.08 Å². The summed E-state index contributed by atoms with van der Waals surface area (Å²) in [5.74, 6) is 0.830. The van der Waals surface area contributed by atoms with E-state index < -0.39 is 0 Å². The van der Waals surface area contributed by atoms with E-state index in [4.69, 9.17) is 9.84 Å². The lowest BCUT2D eigenvalue weighted by Gasteiger charge is -2.07. The number of ether oxygens (including phenoxy) is 1. The Labute approximate surface area is 84.8 Å². The van der Waals surface area contributed by atoms with Gasteiger partial charge in [-0.25, -0.2) is 0 Å². The van der Waals surface area contributed by atoms with Crippen LogP contribution in [-0.4, -0.2) is 17.8 Å². The smallest absolute Gasteiger partial charge is 0.119 e. The molecule has 0 spiro atoms. The van der Waals surface area contributed by atoms with E-state index >= 15 is 0 Å². The number of hydrogen-bond acceptors (Lipinski definition) is 2. The highest BCUT2D eigenvalue weighted by Gasteiger charge is 1.96. The number of aliphatic hydroxyl groups is 1. The Balaban J connectivity index is 2.40. The first-order valence-electron chi connectivity index (χ1n) is 4.75. The summed E-state index contributed by atoms with van der Waals surface area (Å²) in [6, 6.07) is 7.70. The average Bonchev–Trinajstić information content (AvgIpc) is 2.18. The van der Waals surface area contributed by atoms with Gasteiger partial charge in [-0.1, -0.05) is 24.8 Å². The van der Waals surface area contributed by atoms with Crippen LogP contribution in [0.3, 0.4) is 0 Å². The van der Waals surface area contributed by atoms with E-state index in [0.717, 1.165) is 11.3 Å². The highest BCUT2D eigenvalue weighted by Crippen LogP contribution is 2.13. The van der Waals surface area contributed by atoms with E-state index in [1.807, 2.05) is 24.3 Å². The summed E-state index contributed by atoms with van der Waals surface area (Å²) in [7, 11) is 0. The fourth-order valence-corrected chi connectivity index (χ4v) is 1.05. The average molecular weight is 192 g/mol. The third kappa shape index (κ3) is 3.62. The SMILES string of the molecule is C=Cc1ccc(OCCC(C)O)cc1. The zero-order chi connectivity index (χ0) is 10.4. The molecule has 0 saturated heterocycles. The number of benzene rings is 1. The minimum atomic E-state index is -0.303. The minimum Gasteiger partial charge on any atom is -0.493 e. The molecule has 1 rings (SSSR count). The fourth-order valence-electron chi connectivity index (χ4n) is 1.05. The maximum Gasteiger partial charge on any atom is 0.119 e. The van der Waals surface area contributed by atoms with Crippen molar-refractivity contribution in [3.05, 3.63) is 36.4 Å². The van der Waals surface area contributed by atoms with Crippen molar-refractivity contribution in [2.45, 2.75) is 19.4 Å². The molecule has 76 valence electrons. The molecule has 1 aromatic rings. The van der Waals surface area contributed by atoms with Crippen LogP contribution < -0.4 is 4.74 Å². The summed E-state index contributed by atoms with van der Waals surface area (Å²) in [5, 5.41) is 9.02. The van der Waals surface area contributed by atoms with Gasteiger partial charge in [0.15, 0.2) is 0 Å². The lowest BCUT2D eigenvalue weighted by molar-refractivity contribution is 0.155. The van der Waals surface area contributed by atoms with Gasteiger partial charge < -0.3 is 9.84 Å². The largest absolute Gasteiger partial charge is 0.493 e. The predicted octanol–water partition coefficient (Wildman–Crippen LogP) is 2.48. The van der Waals surface area contributed by atoms with Gasteiger partial charge in [-0.15, -0.1) is 0 Å². The number of rotatable bonds is 5. The normalized spacial score (nSPS) is 12.1. The van der Waals surface area contributed by atoms with E-state index in [-0.39, 0.29) is 6.10 Å². The molecule has 0 aliphatic carbocycles. The van der Waals surface area contributed by atoms with Gasteiger partial charge in [0.05, 0.1) is 12.7 Å². The first-order valence-corrected chi connectivity index (χ1v) is 4.75. The van der Waals surface area contributed by atoms with Gasteiger partial charge in [0.25, 0.3) is 0 Å². The lowest BCUT2D eigenvalue weighted by atomic mass is 10.2. The summed E-state index contributed by atoms with van der Waals surface area (Å²) < 4.78 is 5.42. The zero-order valence-corrected chi connectivity index (χ0v) is 8.44.